The zero-order valence-corrected chi connectivity index (χ0v) is 5.61. The molecular formula is C6H11FN2. The van der Waals surface area contributed by atoms with Crippen molar-refractivity contribution in [3.8, 4) is 0 Å². The summed E-state index contributed by atoms with van der Waals surface area (Å²) in [6.07, 6.45) is 2.71. The average Bonchev–Trinajstić information content (AvgIpc) is 1.87. The molecule has 0 atom stereocenters. The third kappa shape index (κ3) is 2.74. The van der Waals surface area contributed by atoms with Crippen molar-refractivity contribution in [3.63, 3.8) is 0 Å². The van der Waals surface area contributed by atoms with Gasteiger partial charge in [-0.2, -0.15) is 0 Å². The smallest absolute Gasteiger partial charge is 0.161 e. The number of rotatable bonds is 2. The minimum Gasteiger partial charge on any atom is -0.397 e. The third-order valence-electron chi connectivity index (χ3n) is 0.858. The van der Waals surface area contributed by atoms with Crippen LogP contribution < -0.4 is 11.1 Å². The van der Waals surface area contributed by atoms with Crippen LogP contribution in [0.15, 0.2) is 23.8 Å². The average molecular weight is 130 g/mol. The van der Waals surface area contributed by atoms with Gasteiger partial charge in [-0.25, -0.2) is 4.39 Å². The van der Waals surface area contributed by atoms with Crippen molar-refractivity contribution in [2.24, 2.45) is 5.73 Å². The molecule has 0 rings (SSSR count). The molecule has 2 nitrogen and oxygen atoms in total. The zero-order chi connectivity index (χ0) is 7.28. The molecule has 0 radical (unpaired) electrons. The quantitative estimate of drug-likeness (QED) is 0.544. The largest absolute Gasteiger partial charge is 0.397 e. The van der Waals surface area contributed by atoms with Crippen LogP contribution in [0.1, 0.15) is 6.92 Å². The maximum Gasteiger partial charge on any atom is 0.161 e. The van der Waals surface area contributed by atoms with Gasteiger partial charge in [0, 0.05) is 13.2 Å². The Morgan fingerprint density at radius 1 is 1.67 bits per heavy atom. The van der Waals surface area contributed by atoms with Gasteiger partial charge in [0.05, 0.1) is 5.70 Å². The van der Waals surface area contributed by atoms with E-state index in [0.29, 0.717) is 0 Å². The Morgan fingerprint density at radius 2 is 2.22 bits per heavy atom. The lowest BCUT2D eigenvalue weighted by atomic mass is 10.4. The summed E-state index contributed by atoms with van der Waals surface area (Å²) in [7, 11) is 1.61. The molecule has 0 unspecified atom stereocenters. The molecule has 0 aliphatic carbocycles. The van der Waals surface area contributed by atoms with Crippen molar-refractivity contribution in [3.05, 3.63) is 23.8 Å². The third-order valence-corrected chi connectivity index (χ3v) is 0.858. The number of hydrogen-bond donors (Lipinski definition) is 2. The summed E-state index contributed by atoms with van der Waals surface area (Å²) < 4.78 is 12.4. The van der Waals surface area contributed by atoms with Gasteiger partial charge >= 0.3 is 0 Å². The van der Waals surface area contributed by atoms with Crippen LogP contribution in [0.5, 0.6) is 0 Å². The van der Waals surface area contributed by atoms with Crippen molar-refractivity contribution < 1.29 is 4.39 Å². The lowest BCUT2D eigenvalue weighted by Gasteiger charge is -1.94. The SMILES string of the molecule is C/C=C(N)\C(F)=C/NC. The van der Waals surface area contributed by atoms with E-state index in [2.05, 4.69) is 5.32 Å². The van der Waals surface area contributed by atoms with E-state index in [9.17, 15) is 4.39 Å². The summed E-state index contributed by atoms with van der Waals surface area (Å²) in [4.78, 5) is 0. The molecule has 0 heterocycles. The zero-order valence-electron chi connectivity index (χ0n) is 5.61. The van der Waals surface area contributed by atoms with Crippen LogP contribution >= 0.6 is 0 Å². The summed E-state index contributed by atoms with van der Waals surface area (Å²) in [5.74, 6) is -0.431. The van der Waals surface area contributed by atoms with Crippen molar-refractivity contribution in [1.29, 1.82) is 0 Å². The summed E-state index contributed by atoms with van der Waals surface area (Å²) in [5, 5.41) is 2.52. The number of halogens is 1. The van der Waals surface area contributed by atoms with Crippen molar-refractivity contribution in [1.82, 2.24) is 5.32 Å². The van der Waals surface area contributed by atoms with Crippen LogP contribution in [-0.2, 0) is 0 Å². The predicted molar refractivity (Wildman–Crippen MR) is 36.2 cm³/mol. The normalized spacial score (nSPS) is 13.7. The molecule has 52 valence electrons. The van der Waals surface area contributed by atoms with Gasteiger partial charge in [-0.1, -0.05) is 6.08 Å². The Hall–Kier alpha value is -0.990. The molecule has 3 N–H and O–H groups in total. The fourth-order valence-corrected chi connectivity index (χ4v) is 0.348. The van der Waals surface area contributed by atoms with Gasteiger partial charge in [-0.05, 0) is 6.92 Å². The first-order chi connectivity index (χ1) is 4.22. The van der Waals surface area contributed by atoms with Crippen LogP contribution in [0.4, 0.5) is 4.39 Å². The summed E-state index contributed by atoms with van der Waals surface area (Å²) in [5.41, 5.74) is 5.34. The molecule has 0 amide bonds. The molecule has 0 aliphatic heterocycles. The highest BCUT2D eigenvalue weighted by molar-refractivity contribution is 5.19. The van der Waals surface area contributed by atoms with E-state index in [1.807, 2.05) is 0 Å². The van der Waals surface area contributed by atoms with E-state index in [-0.39, 0.29) is 5.70 Å². The molecule has 0 aromatic carbocycles. The van der Waals surface area contributed by atoms with Gasteiger partial charge in [0.1, 0.15) is 0 Å². The Morgan fingerprint density at radius 3 is 2.56 bits per heavy atom. The lowest BCUT2D eigenvalue weighted by molar-refractivity contribution is 0.638. The second kappa shape index (κ2) is 3.95. The van der Waals surface area contributed by atoms with Crippen LogP contribution in [0.2, 0.25) is 0 Å². The van der Waals surface area contributed by atoms with E-state index in [0.717, 1.165) is 0 Å². The predicted octanol–water partition coefficient (Wildman–Crippen LogP) is 0.879. The van der Waals surface area contributed by atoms with E-state index in [1.165, 1.54) is 12.3 Å². The Kier molecular flexibility index (Phi) is 3.51. The van der Waals surface area contributed by atoms with E-state index < -0.39 is 5.83 Å². The minimum absolute atomic E-state index is 0.157. The van der Waals surface area contributed by atoms with Gasteiger partial charge in [-0.3, -0.25) is 0 Å². The molecule has 0 bridgehead atoms. The van der Waals surface area contributed by atoms with Crippen LogP contribution in [-0.4, -0.2) is 7.05 Å². The summed E-state index contributed by atoms with van der Waals surface area (Å²) >= 11 is 0. The fraction of sp³-hybridized carbons (Fsp3) is 0.333. The van der Waals surface area contributed by atoms with Crippen molar-refractivity contribution in [2.75, 3.05) is 7.05 Å². The van der Waals surface area contributed by atoms with Gasteiger partial charge in [-0.15, -0.1) is 0 Å². The second-order valence-corrected chi connectivity index (χ2v) is 1.52. The lowest BCUT2D eigenvalue weighted by Crippen LogP contribution is -2.01. The van der Waals surface area contributed by atoms with Crippen molar-refractivity contribution >= 4 is 0 Å². The molecule has 3 heteroatoms. The van der Waals surface area contributed by atoms with Gasteiger partial charge < -0.3 is 11.1 Å². The highest BCUT2D eigenvalue weighted by Crippen LogP contribution is 2.01. The van der Waals surface area contributed by atoms with Crippen LogP contribution in [0.3, 0.4) is 0 Å². The Bertz CT molecular complexity index is 138. The molecule has 0 aromatic rings. The first-order valence-electron chi connectivity index (χ1n) is 2.67. The molecule has 0 aromatic heterocycles. The standard InChI is InChI=1S/C6H11FN2/c1-3-6(8)5(7)4-9-2/h3-4,9H,8H2,1-2H3/b5-4+,6-3+. The maximum atomic E-state index is 12.4. The molecular weight excluding hydrogens is 119 g/mol. The van der Waals surface area contributed by atoms with Gasteiger partial charge in [0.25, 0.3) is 0 Å². The molecule has 0 spiro atoms. The first kappa shape index (κ1) is 8.01. The van der Waals surface area contributed by atoms with Crippen molar-refractivity contribution in [2.45, 2.75) is 6.92 Å². The number of nitrogens with one attached hydrogen (secondary N) is 1. The van der Waals surface area contributed by atoms with E-state index >= 15 is 0 Å². The van der Waals surface area contributed by atoms with E-state index in [4.69, 9.17) is 5.73 Å². The van der Waals surface area contributed by atoms with Gasteiger partial charge in [0.2, 0.25) is 0 Å². The molecule has 9 heavy (non-hydrogen) atoms. The van der Waals surface area contributed by atoms with Gasteiger partial charge in [0.15, 0.2) is 5.83 Å². The number of allylic oxidation sites excluding steroid dienone is 2. The molecule has 0 aliphatic rings. The maximum absolute atomic E-state index is 12.4. The second-order valence-electron chi connectivity index (χ2n) is 1.52. The number of hydrogen-bond acceptors (Lipinski definition) is 2. The topological polar surface area (TPSA) is 38.0 Å². The molecule has 0 saturated heterocycles. The minimum atomic E-state index is -0.431. The fourth-order valence-electron chi connectivity index (χ4n) is 0.348. The molecule has 0 saturated carbocycles. The number of nitrogens with two attached hydrogens (primary N) is 1. The highest BCUT2D eigenvalue weighted by atomic mass is 19.1. The van der Waals surface area contributed by atoms with Crippen LogP contribution in [0, 0.1) is 0 Å². The summed E-state index contributed by atoms with van der Waals surface area (Å²) in [6.45, 7) is 1.68. The Labute approximate surface area is 54.2 Å². The Balaban J connectivity index is 4.03. The highest BCUT2D eigenvalue weighted by Gasteiger charge is 1.93. The van der Waals surface area contributed by atoms with Crippen LogP contribution in [0.25, 0.3) is 0 Å². The summed E-state index contributed by atoms with van der Waals surface area (Å²) in [6, 6.07) is 0. The first-order valence-corrected chi connectivity index (χ1v) is 2.67. The van der Waals surface area contributed by atoms with E-state index in [1.54, 1.807) is 14.0 Å². The molecule has 0 fully saturated rings. The monoisotopic (exact) mass is 130 g/mol.